The molecule has 1 saturated carbocycles. The number of aliphatic hydroxyl groups excluding tert-OH is 1. The molecule has 2 nitrogen and oxygen atoms in total. The van der Waals surface area contributed by atoms with Crippen LogP contribution in [0.5, 0.6) is 0 Å². The summed E-state index contributed by atoms with van der Waals surface area (Å²) in [4.78, 5) is 0. The van der Waals surface area contributed by atoms with E-state index in [0.29, 0.717) is 6.04 Å². The van der Waals surface area contributed by atoms with E-state index in [0.717, 1.165) is 6.42 Å². The number of rotatable bonds is 4. The van der Waals surface area contributed by atoms with E-state index < -0.39 is 0 Å². The van der Waals surface area contributed by atoms with Crippen LogP contribution in [-0.4, -0.2) is 17.8 Å². The van der Waals surface area contributed by atoms with E-state index >= 15 is 0 Å². The average molecular weight is 233 g/mol. The van der Waals surface area contributed by atoms with Crippen molar-refractivity contribution in [3.05, 3.63) is 29.8 Å². The van der Waals surface area contributed by atoms with E-state index in [9.17, 15) is 0 Å². The van der Waals surface area contributed by atoms with Gasteiger partial charge in [-0.1, -0.05) is 37.8 Å². The Morgan fingerprint density at radius 1 is 1.00 bits per heavy atom. The maximum atomic E-state index is 8.87. The minimum atomic E-state index is 0.232. The molecule has 0 aliphatic heterocycles. The predicted octanol–water partition coefficient (Wildman–Crippen LogP) is 3.36. The molecule has 2 heteroatoms. The monoisotopic (exact) mass is 233 g/mol. The zero-order valence-corrected chi connectivity index (χ0v) is 10.5. The number of aliphatic hydroxyl groups is 1. The van der Waals surface area contributed by atoms with E-state index in [1.165, 1.54) is 49.8 Å². The molecule has 2 rings (SSSR count). The molecule has 94 valence electrons. The molecule has 0 bridgehead atoms. The number of benzene rings is 1. The third kappa shape index (κ3) is 4.04. The lowest BCUT2D eigenvalue weighted by Gasteiger charge is -2.17. The number of anilines is 1. The molecule has 0 radical (unpaired) electrons. The number of hydrogen-bond donors (Lipinski definition) is 2. The molecule has 0 saturated heterocycles. The van der Waals surface area contributed by atoms with Gasteiger partial charge in [0.15, 0.2) is 0 Å². The summed E-state index contributed by atoms with van der Waals surface area (Å²) in [5.74, 6) is 0. The topological polar surface area (TPSA) is 32.3 Å². The third-order valence-corrected chi connectivity index (χ3v) is 3.58. The van der Waals surface area contributed by atoms with Crippen LogP contribution < -0.4 is 5.32 Å². The van der Waals surface area contributed by atoms with Gasteiger partial charge in [0, 0.05) is 18.3 Å². The van der Waals surface area contributed by atoms with Crippen molar-refractivity contribution < 1.29 is 5.11 Å². The number of nitrogens with one attached hydrogen (secondary N) is 1. The van der Waals surface area contributed by atoms with Crippen molar-refractivity contribution in [2.24, 2.45) is 0 Å². The Bertz CT molecular complexity index is 312. The lowest BCUT2D eigenvalue weighted by Crippen LogP contribution is -2.18. The molecule has 0 amide bonds. The van der Waals surface area contributed by atoms with Crippen LogP contribution >= 0.6 is 0 Å². The van der Waals surface area contributed by atoms with Gasteiger partial charge in [0.25, 0.3) is 0 Å². The molecule has 2 N–H and O–H groups in total. The number of hydrogen-bond acceptors (Lipinski definition) is 2. The highest BCUT2D eigenvalue weighted by molar-refractivity contribution is 5.45. The summed E-state index contributed by atoms with van der Waals surface area (Å²) in [6.45, 7) is 0.232. The summed E-state index contributed by atoms with van der Waals surface area (Å²) in [7, 11) is 0. The average Bonchev–Trinajstić information content (AvgIpc) is 2.61. The second-order valence-electron chi connectivity index (χ2n) is 5.00. The zero-order valence-electron chi connectivity index (χ0n) is 10.5. The fourth-order valence-corrected chi connectivity index (χ4v) is 2.56. The molecule has 0 atom stereocenters. The largest absolute Gasteiger partial charge is 0.396 e. The Hall–Kier alpha value is -1.02. The SMILES string of the molecule is OCCc1ccc(NC2CCCCCC2)cc1. The van der Waals surface area contributed by atoms with E-state index in [2.05, 4.69) is 29.6 Å². The zero-order chi connectivity index (χ0) is 11.9. The van der Waals surface area contributed by atoms with Crippen molar-refractivity contribution in [2.45, 2.75) is 51.0 Å². The van der Waals surface area contributed by atoms with Crippen LogP contribution in [0.15, 0.2) is 24.3 Å². The fourth-order valence-electron chi connectivity index (χ4n) is 2.56. The second kappa shape index (κ2) is 6.65. The van der Waals surface area contributed by atoms with Crippen LogP contribution in [0.4, 0.5) is 5.69 Å². The van der Waals surface area contributed by atoms with Crippen molar-refractivity contribution in [3.63, 3.8) is 0 Å². The summed E-state index contributed by atoms with van der Waals surface area (Å²) in [6, 6.07) is 9.14. The molecular formula is C15H23NO. The van der Waals surface area contributed by atoms with Crippen LogP contribution in [0.25, 0.3) is 0 Å². The molecule has 1 aromatic rings. The standard InChI is InChI=1S/C15H23NO/c17-12-11-13-7-9-15(10-8-13)16-14-5-3-1-2-4-6-14/h7-10,14,16-17H,1-6,11-12H2. The fraction of sp³-hybridized carbons (Fsp3) is 0.600. The Balaban J connectivity index is 1.88. The van der Waals surface area contributed by atoms with Gasteiger partial charge in [0.05, 0.1) is 0 Å². The minimum absolute atomic E-state index is 0.232. The molecule has 0 spiro atoms. The highest BCUT2D eigenvalue weighted by Gasteiger charge is 2.11. The summed E-state index contributed by atoms with van der Waals surface area (Å²) < 4.78 is 0. The Kier molecular flexibility index (Phi) is 4.87. The molecule has 1 aliphatic carbocycles. The molecule has 1 aromatic carbocycles. The maximum Gasteiger partial charge on any atom is 0.0471 e. The van der Waals surface area contributed by atoms with Crippen molar-refractivity contribution in [3.8, 4) is 0 Å². The van der Waals surface area contributed by atoms with Crippen molar-refractivity contribution in [1.82, 2.24) is 0 Å². The molecular weight excluding hydrogens is 210 g/mol. The van der Waals surface area contributed by atoms with Gasteiger partial charge in [-0.2, -0.15) is 0 Å². The highest BCUT2D eigenvalue weighted by atomic mass is 16.2. The van der Waals surface area contributed by atoms with Crippen molar-refractivity contribution >= 4 is 5.69 Å². The Labute approximate surface area is 104 Å². The van der Waals surface area contributed by atoms with Crippen molar-refractivity contribution in [2.75, 3.05) is 11.9 Å². The first-order valence-electron chi connectivity index (χ1n) is 6.85. The maximum absolute atomic E-state index is 8.87. The van der Waals surface area contributed by atoms with E-state index in [4.69, 9.17) is 5.11 Å². The van der Waals surface area contributed by atoms with Crippen LogP contribution in [0.1, 0.15) is 44.1 Å². The van der Waals surface area contributed by atoms with E-state index in [1.54, 1.807) is 0 Å². The van der Waals surface area contributed by atoms with Gasteiger partial charge >= 0.3 is 0 Å². The third-order valence-electron chi connectivity index (χ3n) is 3.58. The molecule has 17 heavy (non-hydrogen) atoms. The summed E-state index contributed by atoms with van der Waals surface area (Å²) in [5, 5.41) is 12.5. The predicted molar refractivity (Wildman–Crippen MR) is 72.3 cm³/mol. The second-order valence-corrected chi connectivity index (χ2v) is 5.00. The summed E-state index contributed by atoms with van der Waals surface area (Å²) in [5.41, 5.74) is 2.43. The lowest BCUT2D eigenvalue weighted by atomic mass is 10.1. The molecule has 1 fully saturated rings. The quantitative estimate of drug-likeness (QED) is 0.782. The Morgan fingerprint density at radius 3 is 2.24 bits per heavy atom. The van der Waals surface area contributed by atoms with Crippen LogP contribution in [0, 0.1) is 0 Å². The summed E-state index contributed by atoms with van der Waals surface area (Å²) in [6.07, 6.45) is 8.88. The molecule has 0 aromatic heterocycles. The lowest BCUT2D eigenvalue weighted by molar-refractivity contribution is 0.299. The molecule has 0 heterocycles. The van der Waals surface area contributed by atoms with Gasteiger partial charge in [-0.15, -0.1) is 0 Å². The van der Waals surface area contributed by atoms with Crippen LogP contribution in [-0.2, 0) is 6.42 Å². The van der Waals surface area contributed by atoms with Gasteiger partial charge in [0.2, 0.25) is 0 Å². The van der Waals surface area contributed by atoms with Gasteiger partial charge in [-0.25, -0.2) is 0 Å². The van der Waals surface area contributed by atoms with Crippen LogP contribution in [0.2, 0.25) is 0 Å². The smallest absolute Gasteiger partial charge is 0.0471 e. The first-order valence-corrected chi connectivity index (χ1v) is 6.85. The summed E-state index contributed by atoms with van der Waals surface area (Å²) >= 11 is 0. The van der Waals surface area contributed by atoms with Crippen molar-refractivity contribution in [1.29, 1.82) is 0 Å². The van der Waals surface area contributed by atoms with E-state index in [-0.39, 0.29) is 6.61 Å². The van der Waals surface area contributed by atoms with Gasteiger partial charge in [-0.3, -0.25) is 0 Å². The molecule has 0 unspecified atom stereocenters. The van der Waals surface area contributed by atoms with Crippen LogP contribution in [0.3, 0.4) is 0 Å². The normalized spacial score (nSPS) is 17.7. The molecule has 1 aliphatic rings. The van der Waals surface area contributed by atoms with E-state index in [1.807, 2.05) is 0 Å². The first kappa shape index (κ1) is 12.4. The Morgan fingerprint density at radius 2 is 1.65 bits per heavy atom. The minimum Gasteiger partial charge on any atom is -0.396 e. The van der Waals surface area contributed by atoms with Gasteiger partial charge < -0.3 is 10.4 Å². The van der Waals surface area contributed by atoms with Gasteiger partial charge in [-0.05, 0) is 37.0 Å². The van der Waals surface area contributed by atoms with Gasteiger partial charge in [0.1, 0.15) is 0 Å². The first-order chi connectivity index (χ1) is 8.38. The highest BCUT2D eigenvalue weighted by Crippen LogP contribution is 2.21.